The lowest BCUT2D eigenvalue weighted by molar-refractivity contribution is 1.27. The molecule has 0 amide bonds. The summed E-state index contributed by atoms with van der Waals surface area (Å²) in [5.74, 6) is 6.03. The van der Waals surface area contributed by atoms with Crippen molar-refractivity contribution < 1.29 is 0 Å². The number of nitrogens with zero attached hydrogens (tertiary/aromatic N) is 3. The third-order valence-corrected chi connectivity index (χ3v) is 3.41. The van der Waals surface area contributed by atoms with Crippen LogP contribution in [0.3, 0.4) is 0 Å². The molecule has 19 heavy (non-hydrogen) atoms. The third-order valence-electron chi connectivity index (χ3n) is 2.52. The van der Waals surface area contributed by atoms with Crippen molar-refractivity contribution >= 4 is 27.4 Å². The summed E-state index contributed by atoms with van der Waals surface area (Å²) < 4.78 is 0. The molecular formula is C14H10N4S. The summed E-state index contributed by atoms with van der Waals surface area (Å²) in [4.78, 5) is 13.8. The van der Waals surface area contributed by atoms with Crippen molar-refractivity contribution in [3.63, 3.8) is 0 Å². The summed E-state index contributed by atoms with van der Waals surface area (Å²) in [5.41, 5.74) is 2.58. The lowest BCUT2D eigenvalue weighted by Crippen LogP contribution is -1.89. The molecule has 0 aliphatic rings. The van der Waals surface area contributed by atoms with Crippen molar-refractivity contribution in [2.24, 2.45) is 0 Å². The molecule has 0 aliphatic carbocycles. The molecule has 5 heteroatoms. The van der Waals surface area contributed by atoms with E-state index in [1.807, 2.05) is 31.3 Å². The van der Waals surface area contributed by atoms with Crippen molar-refractivity contribution in [2.45, 2.75) is 0 Å². The zero-order chi connectivity index (χ0) is 13.1. The molecule has 3 aromatic heterocycles. The van der Waals surface area contributed by atoms with Gasteiger partial charge in [-0.2, -0.15) is 0 Å². The number of pyridine rings is 2. The largest absolute Gasteiger partial charge is 0.387 e. The number of rotatable bonds is 1. The zero-order valence-corrected chi connectivity index (χ0v) is 11.0. The summed E-state index contributed by atoms with van der Waals surface area (Å²) in [5, 5.41) is 3.77. The summed E-state index contributed by atoms with van der Waals surface area (Å²) in [6.07, 6.45) is 3.51. The van der Waals surface area contributed by atoms with Crippen molar-refractivity contribution in [3.05, 3.63) is 47.4 Å². The maximum absolute atomic E-state index is 4.40. The van der Waals surface area contributed by atoms with Gasteiger partial charge in [0.15, 0.2) is 5.01 Å². The van der Waals surface area contributed by atoms with Crippen LogP contribution < -0.4 is 5.32 Å². The molecule has 0 saturated heterocycles. The normalized spacial score (nSPS) is 9.95. The minimum atomic E-state index is 0.728. The fourth-order valence-electron chi connectivity index (χ4n) is 1.56. The molecule has 3 aromatic rings. The number of anilines is 1. The van der Waals surface area contributed by atoms with Crippen LogP contribution in [0.1, 0.15) is 10.7 Å². The molecule has 0 unspecified atom stereocenters. The molecule has 1 N–H and O–H groups in total. The molecule has 0 aromatic carbocycles. The molecule has 0 atom stereocenters. The fraction of sp³-hybridized carbons (Fsp3) is 0.0714. The van der Waals surface area contributed by atoms with Gasteiger partial charge in [-0.15, -0.1) is 0 Å². The van der Waals surface area contributed by atoms with Crippen molar-refractivity contribution in [2.75, 3.05) is 12.4 Å². The van der Waals surface area contributed by atoms with Crippen LogP contribution in [0.5, 0.6) is 0 Å². The average molecular weight is 266 g/mol. The summed E-state index contributed by atoms with van der Waals surface area (Å²) in [6, 6.07) is 7.63. The summed E-state index contributed by atoms with van der Waals surface area (Å²) in [7, 11) is 1.86. The number of hydrogen-bond donors (Lipinski definition) is 1. The molecule has 3 heterocycles. The first kappa shape index (κ1) is 11.6. The van der Waals surface area contributed by atoms with E-state index in [4.69, 9.17) is 0 Å². The Kier molecular flexibility index (Phi) is 3.09. The SMILES string of the molecule is CNc1ccc(C#Cc2nc3cccnc3s2)nc1. The van der Waals surface area contributed by atoms with Gasteiger partial charge in [-0.3, -0.25) is 0 Å². The molecule has 0 aliphatic heterocycles. The van der Waals surface area contributed by atoms with Crippen LogP contribution in [-0.4, -0.2) is 22.0 Å². The van der Waals surface area contributed by atoms with Gasteiger partial charge in [-0.25, -0.2) is 15.0 Å². The van der Waals surface area contributed by atoms with Crippen LogP contribution >= 0.6 is 11.3 Å². The van der Waals surface area contributed by atoms with Gasteiger partial charge in [-0.1, -0.05) is 11.3 Å². The Labute approximate surface area is 114 Å². The minimum Gasteiger partial charge on any atom is -0.387 e. The average Bonchev–Trinajstić information content (AvgIpc) is 2.88. The molecule has 0 radical (unpaired) electrons. The van der Waals surface area contributed by atoms with E-state index in [9.17, 15) is 0 Å². The van der Waals surface area contributed by atoms with E-state index < -0.39 is 0 Å². The van der Waals surface area contributed by atoms with Gasteiger partial charge in [-0.05, 0) is 36.1 Å². The first-order valence-electron chi connectivity index (χ1n) is 5.72. The van der Waals surface area contributed by atoms with E-state index in [1.165, 1.54) is 11.3 Å². The van der Waals surface area contributed by atoms with Crippen LogP contribution in [0, 0.1) is 11.8 Å². The monoisotopic (exact) mass is 266 g/mol. The van der Waals surface area contributed by atoms with Gasteiger partial charge in [0.25, 0.3) is 0 Å². The number of hydrogen-bond acceptors (Lipinski definition) is 5. The van der Waals surface area contributed by atoms with Crippen LogP contribution in [0.15, 0.2) is 36.7 Å². The van der Waals surface area contributed by atoms with Gasteiger partial charge in [0.1, 0.15) is 16.0 Å². The first-order chi connectivity index (χ1) is 9.35. The highest BCUT2D eigenvalue weighted by molar-refractivity contribution is 7.18. The van der Waals surface area contributed by atoms with E-state index in [1.54, 1.807) is 12.4 Å². The van der Waals surface area contributed by atoms with E-state index in [0.717, 1.165) is 26.7 Å². The Morgan fingerprint density at radius 1 is 1.16 bits per heavy atom. The van der Waals surface area contributed by atoms with E-state index in [-0.39, 0.29) is 0 Å². The molecular weight excluding hydrogens is 256 g/mol. The quantitative estimate of drug-likeness (QED) is 0.688. The van der Waals surface area contributed by atoms with Gasteiger partial charge in [0.2, 0.25) is 0 Å². The predicted octanol–water partition coefficient (Wildman–Crippen LogP) is 2.53. The zero-order valence-electron chi connectivity index (χ0n) is 10.2. The number of thiazole rings is 1. The predicted molar refractivity (Wildman–Crippen MR) is 77.2 cm³/mol. The first-order valence-corrected chi connectivity index (χ1v) is 6.54. The van der Waals surface area contributed by atoms with Crippen LogP contribution in [0.25, 0.3) is 10.3 Å². The Morgan fingerprint density at radius 2 is 2.11 bits per heavy atom. The van der Waals surface area contributed by atoms with Gasteiger partial charge in [0, 0.05) is 13.2 Å². The van der Waals surface area contributed by atoms with E-state index in [2.05, 4.69) is 32.1 Å². The van der Waals surface area contributed by atoms with Crippen LogP contribution in [0.4, 0.5) is 5.69 Å². The Hall–Kier alpha value is -2.45. The topological polar surface area (TPSA) is 50.7 Å². The lowest BCUT2D eigenvalue weighted by Gasteiger charge is -1.96. The number of nitrogens with one attached hydrogen (secondary N) is 1. The Balaban J connectivity index is 1.89. The van der Waals surface area contributed by atoms with Gasteiger partial charge >= 0.3 is 0 Å². The maximum Gasteiger partial charge on any atom is 0.169 e. The summed E-state index contributed by atoms with van der Waals surface area (Å²) in [6.45, 7) is 0. The van der Waals surface area contributed by atoms with E-state index in [0.29, 0.717) is 0 Å². The second kappa shape index (κ2) is 5.04. The number of fused-ring (bicyclic) bond motifs is 1. The standard InChI is InChI=1S/C14H10N4S/c1-15-11-5-4-10(17-9-11)6-7-13-18-12-3-2-8-16-14(12)19-13/h2-5,8-9,15H,1H3. The van der Waals surface area contributed by atoms with Crippen LogP contribution in [0.2, 0.25) is 0 Å². The highest BCUT2D eigenvalue weighted by atomic mass is 32.1. The maximum atomic E-state index is 4.40. The highest BCUT2D eigenvalue weighted by Gasteiger charge is 2.00. The van der Waals surface area contributed by atoms with Gasteiger partial charge in [0.05, 0.1) is 11.9 Å². The highest BCUT2D eigenvalue weighted by Crippen LogP contribution is 2.18. The van der Waals surface area contributed by atoms with Crippen molar-refractivity contribution in [1.82, 2.24) is 15.0 Å². The molecule has 0 fully saturated rings. The molecule has 0 spiro atoms. The molecule has 0 saturated carbocycles. The van der Waals surface area contributed by atoms with Crippen molar-refractivity contribution in [1.29, 1.82) is 0 Å². The molecule has 3 rings (SSSR count). The minimum absolute atomic E-state index is 0.728. The second-order valence-corrected chi connectivity index (χ2v) is 4.76. The lowest BCUT2D eigenvalue weighted by atomic mass is 10.3. The summed E-state index contributed by atoms with van der Waals surface area (Å²) >= 11 is 1.49. The fourth-order valence-corrected chi connectivity index (χ4v) is 2.32. The Morgan fingerprint density at radius 3 is 2.84 bits per heavy atom. The van der Waals surface area contributed by atoms with E-state index >= 15 is 0 Å². The van der Waals surface area contributed by atoms with Crippen molar-refractivity contribution in [3.8, 4) is 11.8 Å². The third kappa shape index (κ3) is 2.54. The smallest absolute Gasteiger partial charge is 0.169 e. The molecule has 92 valence electrons. The number of aromatic nitrogens is 3. The van der Waals surface area contributed by atoms with Crippen LogP contribution in [-0.2, 0) is 0 Å². The Bertz CT molecular complexity index is 732. The molecule has 0 bridgehead atoms. The molecule has 4 nitrogen and oxygen atoms in total. The van der Waals surface area contributed by atoms with Gasteiger partial charge < -0.3 is 5.32 Å². The second-order valence-electron chi connectivity index (χ2n) is 3.78.